The van der Waals surface area contributed by atoms with E-state index >= 15 is 0 Å². The summed E-state index contributed by atoms with van der Waals surface area (Å²) in [6.45, 7) is 0. The highest BCUT2D eigenvalue weighted by molar-refractivity contribution is 6.25. The molecule has 0 aliphatic heterocycles. The van der Waals surface area contributed by atoms with E-state index in [1.54, 1.807) is 0 Å². The second kappa shape index (κ2) is 10.4. The fourth-order valence-corrected chi connectivity index (χ4v) is 5.28. The van der Waals surface area contributed by atoms with E-state index in [0.717, 1.165) is 0 Å². The Morgan fingerprint density at radius 2 is 0.822 bits per heavy atom. The summed E-state index contributed by atoms with van der Waals surface area (Å²) >= 11 is 0. The summed E-state index contributed by atoms with van der Waals surface area (Å²) in [4.78, 5) is 0. The van der Waals surface area contributed by atoms with Gasteiger partial charge in [0.25, 0.3) is 0 Å². The van der Waals surface area contributed by atoms with Gasteiger partial charge in [0.15, 0.2) is 0 Å². The Morgan fingerprint density at radius 1 is 0.333 bits per heavy atom. The number of para-hydroxylation sites is 1. The molecule has 0 bridgehead atoms. The van der Waals surface area contributed by atoms with Gasteiger partial charge >= 0.3 is 0 Å². The highest BCUT2D eigenvalue weighted by Gasteiger charge is 2.21. The Hall–Kier alpha value is -5.92. The summed E-state index contributed by atoms with van der Waals surface area (Å²) in [5.74, 6) is 0. The molecule has 0 spiro atoms. The van der Waals surface area contributed by atoms with Crippen LogP contribution in [0.15, 0.2) is 174 Å². The third-order valence-electron chi connectivity index (χ3n) is 7.12. The van der Waals surface area contributed by atoms with Crippen LogP contribution in [-0.2, 0) is 0 Å². The molecule has 210 valence electrons. The van der Waals surface area contributed by atoms with Crippen molar-refractivity contribution >= 4 is 43.5 Å². The Balaban J connectivity index is 1.62. The quantitative estimate of drug-likeness (QED) is 0.183. The number of fused-ring (bicyclic) bond motifs is 5. The molecule has 0 saturated carbocycles. The van der Waals surface area contributed by atoms with Crippen molar-refractivity contribution in [3.63, 3.8) is 0 Å². The van der Waals surface area contributed by atoms with Crippen molar-refractivity contribution < 1.29 is 42.8 Å². The van der Waals surface area contributed by atoms with E-state index in [9.17, 15) is 12.3 Å². The number of hydrogen-bond acceptors (Lipinski definition) is 1. The average molecular weight is 601 g/mol. The van der Waals surface area contributed by atoms with Crippen LogP contribution in [0.4, 0.5) is 0 Å². The zero-order valence-corrected chi connectivity index (χ0v) is 22.4. The maximum Gasteiger partial charge on any atom is 0.143 e. The highest BCUT2D eigenvalue weighted by atomic mass is 16.3. The van der Waals surface area contributed by atoms with E-state index in [1.165, 1.54) is 0 Å². The second-order valence-electron chi connectivity index (χ2n) is 9.51. The Labute approximate surface area is 301 Å². The molecule has 0 aliphatic rings. The molecular weight excluding hydrogens is 544 g/mol. The lowest BCUT2D eigenvalue weighted by Gasteiger charge is -2.19. The summed E-state index contributed by atoms with van der Waals surface area (Å²) in [6.07, 6.45) is 0. The zero-order valence-electron chi connectivity index (χ0n) is 50.4. The molecular formula is C44H28O. The van der Waals surface area contributed by atoms with Gasteiger partial charge in [0.2, 0.25) is 0 Å². The molecule has 0 aliphatic carbocycles. The van der Waals surface area contributed by atoms with Gasteiger partial charge < -0.3 is 4.42 Å². The van der Waals surface area contributed by atoms with E-state index < -0.39 is 257 Å². The Kier molecular flexibility index (Phi) is 2.32. The minimum atomic E-state index is -1.07. The molecule has 0 amide bonds. The predicted molar refractivity (Wildman–Crippen MR) is 190 cm³/mol. The van der Waals surface area contributed by atoms with Crippen LogP contribution in [0.5, 0.6) is 0 Å². The Morgan fingerprint density at radius 3 is 1.47 bits per heavy atom. The summed E-state index contributed by atoms with van der Waals surface area (Å²) in [5.41, 5.74) is -7.68. The normalized spacial score (nSPS) is 20.3. The summed E-state index contributed by atoms with van der Waals surface area (Å²) in [7, 11) is 0. The van der Waals surface area contributed by atoms with Gasteiger partial charge in [-0.15, -0.1) is 0 Å². The minimum Gasteiger partial charge on any atom is -0.455 e. The summed E-state index contributed by atoms with van der Waals surface area (Å²) in [6, 6.07) is -27.1. The zero-order chi connectivity index (χ0) is 54.1. The first kappa shape index (κ1) is 10.1. The van der Waals surface area contributed by atoms with E-state index in [1.807, 2.05) is 0 Å². The maximum atomic E-state index is 9.50. The monoisotopic (exact) mass is 600 g/mol. The summed E-state index contributed by atoms with van der Waals surface area (Å²) < 4.78 is 256. The SMILES string of the molecule is [2H]c1c([2H])c([2H])c(-c2c([2H])c([2H])c([2H])c([2H])c2-c2c3c([2H])c([2H])c([2H])c([2H])c3c(-c3c([2H])c([2H])c([2H])c4c3oc3c([2H])c(-c5c([2H])c([2H])c([2H])c([2H])c5[2H])c([2H])c([2H])c34)c3c([2H])c([2H])c([2H])c([2H])c23)c([2H])c1[2H]. The third-order valence-corrected chi connectivity index (χ3v) is 7.12. The smallest absolute Gasteiger partial charge is 0.143 e. The number of rotatable bonds is 4. The van der Waals surface area contributed by atoms with Crippen molar-refractivity contribution in [3.8, 4) is 44.5 Å². The highest BCUT2D eigenvalue weighted by Crippen LogP contribution is 2.48. The van der Waals surface area contributed by atoms with Crippen LogP contribution in [0.3, 0.4) is 0 Å². The summed E-state index contributed by atoms with van der Waals surface area (Å²) in [5, 5.41) is -4.27. The minimum absolute atomic E-state index is 0.557. The predicted octanol–water partition coefficient (Wildman–Crippen LogP) is 12.6. The van der Waals surface area contributed by atoms with Crippen LogP contribution in [-0.4, -0.2) is 0 Å². The van der Waals surface area contributed by atoms with Gasteiger partial charge in [0.05, 0.1) is 38.4 Å². The number of hydrogen-bond donors (Lipinski definition) is 0. The fourth-order valence-electron chi connectivity index (χ4n) is 5.28. The molecule has 45 heavy (non-hydrogen) atoms. The van der Waals surface area contributed by atoms with Crippen LogP contribution in [0, 0.1) is 0 Å². The van der Waals surface area contributed by atoms with Gasteiger partial charge in [-0.3, -0.25) is 0 Å². The lowest BCUT2D eigenvalue weighted by molar-refractivity contribution is 0.670. The van der Waals surface area contributed by atoms with E-state index in [0.29, 0.717) is 0 Å². The van der Waals surface area contributed by atoms with Crippen molar-refractivity contribution in [2.45, 2.75) is 0 Å². The van der Waals surface area contributed by atoms with Gasteiger partial charge in [-0.2, -0.15) is 0 Å². The molecule has 8 aromatic carbocycles. The van der Waals surface area contributed by atoms with Gasteiger partial charge in [0.1, 0.15) is 11.2 Å². The molecule has 0 unspecified atom stereocenters. The van der Waals surface area contributed by atoms with Crippen LogP contribution >= 0.6 is 0 Å². The average Bonchev–Trinajstić information content (AvgIpc) is 3.77. The van der Waals surface area contributed by atoms with Crippen LogP contribution in [0.25, 0.3) is 88.0 Å². The lowest BCUT2D eigenvalue weighted by atomic mass is 9.83. The van der Waals surface area contributed by atoms with Crippen molar-refractivity contribution in [1.82, 2.24) is 0 Å². The number of benzene rings is 8. The van der Waals surface area contributed by atoms with Gasteiger partial charge in [-0.1, -0.05) is 157 Å². The molecule has 9 aromatic rings. The molecule has 0 radical (unpaired) electrons. The molecule has 1 nitrogen and oxygen atoms in total. The van der Waals surface area contributed by atoms with Crippen LogP contribution in [0.1, 0.15) is 38.4 Å². The number of furan rings is 1. The molecule has 1 heterocycles. The topological polar surface area (TPSA) is 13.1 Å². The van der Waals surface area contributed by atoms with Crippen molar-refractivity contribution in [2.75, 3.05) is 0 Å². The largest absolute Gasteiger partial charge is 0.455 e. The third kappa shape index (κ3) is 4.09. The van der Waals surface area contributed by atoms with Gasteiger partial charge in [-0.25, -0.2) is 0 Å². The van der Waals surface area contributed by atoms with Gasteiger partial charge in [-0.05, 0) is 67.0 Å². The van der Waals surface area contributed by atoms with Gasteiger partial charge in [0, 0.05) is 21.9 Å². The molecule has 0 fully saturated rings. The van der Waals surface area contributed by atoms with E-state index in [4.69, 9.17) is 30.5 Å². The van der Waals surface area contributed by atoms with E-state index in [2.05, 4.69) is 0 Å². The molecule has 0 N–H and O–H groups in total. The molecule has 0 saturated heterocycles. The lowest BCUT2D eigenvalue weighted by Crippen LogP contribution is -1.92. The first-order chi connectivity index (χ1) is 34.0. The first-order valence-electron chi connectivity index (χ1n) is 27.2. The van der Waals surface area contributed by atoms with E-state index in [-0.39, 0.29) is 0 Å². The Bertz CT molecular complexity index is 3980. The van der Waals surface area contributed by atoms with Crippen molar-refractivity contribution in [1.29, 1.82) is 0 Å². The second-order valence-corrected chi connectivity index (χ2v) is 9.51. The van der Waals surface area contributed by atoms with Crippen molar-refractivity contribution in [2.24, 2.45) is 0 Å². The van der Waals surface area contributed by atoms with Crippen molar-refractivity contribution in [3.05, 3.63) is 169 Å². The first-order valence-corrected chi connectivity index (χ1v) is 13.2. The molecule has 0 atom stereocenters. The van der Waals surface area contributed by atoms with Crippen LogP contribution < -0.4 is 0 Å². The molecule has 1 aromatic heterocycles. The molecule has 1 heteroatoms. The van der Waals surface area contributed by atoms with Crippen LogP contribution in [0.2, 0.25) is 0 Å². The standard InChI is InChI=1S/C44H28O/c1-3-14-29(15-4-1)31-26-27-33-39-24-13-25-40(44(39)45-41(33)28-31)43-37-22-11-9-20-35(37)42(36-21-10-12-23-38(36)43)34-19-8-7-18-32(34)30-16-5-2-6-17-30/h1-28H/i1D,2D,3D,4D,5D,6D,7D,8D,9D,10D,11D,12D,13D,14D,15D,16D,17D,18D,19D,20D,21D,22D,23D,24D,25D,26D,27D,28D. The maximum absolute atomic E-state index is 9.50. The fraction of sp³-hybridized carbons (Fsp3) is 0. The molecule has 9 rings (SSSR count).